The zero-order valence-electron chi connectivity index (χ0n) is 21.5. The van der Waals surface area contributed by atoms with Crippen LogP contribution in [0.4, 0.5) is 5.82 Å². The van der Waals surface area contributed by atoms with Crippen LogP contribution in [0.15, 0.2) is 17.1 Å². The lowest BCUT2D eigenvalue weighted by Crippen LogP contribution is -2.36. The summed E-state index contributed by atoms with van der Waals surface area (Å²) in [5.41, 5.74) is 1.46. The van der Waals surface area contributed by atoms with Gasteiger partial charge in [-0.15, -0.1) is 0 Å². The Bertz CT molecular complexity index is 1090. The predicted octanol–water partition coefficient (Wildman–Crippen LogP) is -0.0827. The molecule has 1 fully saturated rings. The molecule has 1 aromatic heterocycles. The van der Waals surface area contributed by atoms with E-state index in [1.54, 1.807) is 6.92 Å². The van der Waals surface area contributed by atoms with Gasteiger partial charge in [-0.25, -0.2) is 24.0 Å². The van der Waals surface area contributed by atoms with Crippen LogP contribution < -0.4 is 11.2 Å². The maximum absolute atomic E-state index is 12.1. The van der Waals surface area contributed by atoms with Crippen molar-refractivity contribution < 1.29 is 66.2 Å². The second-order valence-corrected chi connectivity index (χ2v) is 12.0. The van der Waals surface area contributed by atoms with E-state index in [9.17, 15) is 33.6 Å². The van der Waals surface area contributed by atoms with Crippen LogP contribution >= 0.6 is 23.5 Å². The molecule has 0 spiro atoms. The molecule has 19 nitrogen and oxygen atoms in total. The van der Waals surface area contributed by atoms with Crippen LogP contribution in [0, 0.1) is 0 Å². The van der Waals surface area contributed by atoms with Crippen molar-refractivity contribution in [1.82, 2.24) is 14.5 Å². The number of anilines is 1. The maximum atomic E-state index is 12.1. The summed E-state index contributed by atoms with van der Waals surface area (Å²) in [6, 6.07) is 1.29. The van der Waals surface area contributed by atoms with Crippen LogP contribution in [0.5, 0.6) is 0 Å². The number of nitrogens with zero attached hydrogens (tertiary/aromatic N) is 3. The molecule has 1 saturated heterocycles. The van der Waals surface area contributed by atoms with Gasteiger partial charge in [0.05, 0.1) is 13.2 Å². The fraction of sp³-hybridized carbons (Fsp3) is 0.765. The molecule has 0 bridgehead atoms. The number of phosphoric acid groups is 3. The largest absolute Gasteiger partial charge is 0.490 e. The van der Waals surface area contributed by atoms with Crippen molar-refractivity contribution in [1.29, 1.82) is 0 Å². The lowest BCUT2D eigenvalue weighted by Gasteiger charge is -2.19. The van der Waals surface area contributed by atoms with Crippen LogP contribution in [0.1, 0.15) is 33.9 Å². The van der Waals surface area contributed by atoms with Gasteiger partial charge in [-0.05, 0) is 32.6 Å². The summed E-state index contributed by atoms with van der Waals surface area (Å²) in [7, 11) is -16.8. The number of aromatic nitrogens is 2. The van der Waals surface area contributed by atoms with Crippen LogP contribution in [0.3, 0.4) is 0 Å². The molecule has 228 valence electrons. The van der Waals surface area contributed by atoms with Crippen molar-refractivity contribution in [2.75, 3.05) is 38.3 Å². The number of phosphoric ester groups is 1. The van der Waals surface area contributed by atoms with Gasteiger partial charge in [0.2, 0.25) is 0 Å². The molecule has 2 rings (SSSR count). The van der Waals surface area contributed by atoms with Gasteiger partial charge < -0.3 is 39.4 Å². The lowest BCUT2D eigenvalue weighted by molar-refractivity contribution is -0.0541. The second kappa shape index (κ2) is 15.8. The first-order chi connectivity index (χ1) is 18.0. The van der Waals surface area contributed by atoms with E-state index in [4.69, 9.17) is 24.3 Å². The van der Waals surface area contributed by atoms with Gasteiger partial charge >= 0.3 is 29.2 Å². The van der Waals surface area contributed by atoms with E-state index in [1.807, 2.05) is 0 Å². The van der Waals surface area contributed by atoms with E-state index in [1.165, 1.54) is 25.7 Å². The van der Waals surface area contributed by atoms with E-state index < -0.39 is 60.3 Å². The molecule has 22 heteroatoms. The first-order valence-corrected chi connectivity index (χ1v) is 16.0. The Morgan fingerprint density at radius 1 is 1.00 bits per heavy atom. The van der Waals surface area contributed by atoms with E-state index in [0.717, 1.165) is 10.8 Å². The molecule has 1 aliphatic rings. The van der Waals surface area contributed by atoms with Gasteiger partial charge in [-0.3, -0.25) is 13.9 Å². The Morgan fingerprint density at radius 2 is 1.59 bits per heavy atom. The molecular weight excluding hydrogens is 593 g/mol. The molecule has 7 N–H and O–H groups in total. The molecule has 1 aromatic rings. The molecule has 0 amide bonds. The highest BCUT2D eigenvalue weighted by atomic mass is 31.3. The highest BCUT2D eigenvalue weighted by Crippen LogP contribution is 2.66. The Hall–Kier alpha value is -1.11. The third-order valence-corrected chi connectivity index (χ3v) is 8.72. The number of rotatable bonds is 14. The van der Waals surface area contributed by atoms with Crippen molar-refractivity contribution in [3.8, 4) is 0 Å². The minimum absolute atomic E-state index is 0.0466. The summed E-state index contributed by atoms with van der Waals surface area (Å²) < 4.78 is 51.1. The van der Waals surface area contributed by atoms with E-state index in [-0.39, 0.29) is 12.4 Å². The van der Waals surface area contributed by atoms with Crippen molar-refractivity contribution in [3.63, 3.8) is 0 Å². The summed E-state index contributed by atoms with van der Waals surface area (Å²) in [6.45, 7) is 11.1. The maximum Gasteiger partial charge on any atom is 0.490 e. The Balaban J connectivity index is 0.000000956. The fourth-order valence-electron chi connectivity index (χ4n) is 3.05. The molecule has 0 aromatic carbocycles. The summed E-state index contributed by atoms with van der Waals surface area (Å²) in [5.74, 6) is 0.0466. The Labute approximate surface area is 223 Å². The monoisotopic (exact) mass is 628 g/mol. The van der Waals surface area contributed by atoms with Gasteiger partial charge in [-0.2, -0.15) is 13.6 Å². The average Bonchev–Trinajstić information content (AvgIpc) is 3.09. The van der Waals surface area contributed by atoms with Crippen LogP contribution in [-0.2, 0) is 36.4 Å². The minimum Gasteiger partial charge on any atom is -0.387 e. The summed E-state index contributed by atoms with van der Waals surface area (Å²) in [6.07, 6.45) is -5.38. The Kier molecular flexibility index (Phi) is 14.5. The molecule has 2 heterocycles. The fourth-order valence-corrected chi connectivity index (χ4v) is 6.08. The van der Waals surface area contributed by atoms with Crippen molar-refractivity contribution >= 4 is 29.3 Å². The van der Waals surface area contributed by atoms with Crippen LogP contribution in [0.25, 0.3) is 0 Å². The highest BCUT2D eigenvalue weighted by Gasteiger charge is 2.46. The number of aliphatic hydroxyl groups is 2. The summed E-state index contributed by atoms with van der Waals surface area (Å²) in [4.78, 5) is 58.5. The molecule has 0 radical (unpaired) electrons. The summed E-state index contributed by atoms with van der Waals surface area (Å²) in [5, 5.41) is 20.2. The lowest BCUT2D eigenvalue weighted by atomic mass is 10.1. The normalized spacial score (nSPS) is 24.5. The number of hydrogen-bond donors (Lipinski definition) is 7. The molecular formula is C17H35N4O15P3. The topological polar surface area (TPSA) is 269 Å². The highest BCUT2D eigenvalue weighted by molar-refractivity contribution is 7.66. The van der Waals surface area contributed by atoms with Crippen LogP contribution in [0.2, 0.25) is 0 Å². The first-order valence-electron chi connectivity index (χ1n) is 11.5. The van der Waals surface area contributed by atoms with Crippen LogP contribution in [-0.4, -0.2) is 95.4 Å². The number of hydrogen-bond acceptors (Lipinski definition) is 14. The van der Waals surface area contributed by atoms with Gasteiger partial charge in [-0.1, -0.05) is 20.8 Å². The number of aliphatic hydroxyl groups excluding tert-OH is 2. The zero-order valence-corrected chi connectivity index (χ0v) is 24.2. The SMILES string of the molecule is CCN(CC)CC.CCONc1ccn([C@@H]2O[C@H](COP(=O)(O)OP(=O)(O)OP(=O)(O)O)[C@@H](O)[C@H]2O)c(=O)n1. The minimum atomic E-state index is -5.73. The van der Waals surface area contributed by atoms with E-state index in [2.05, 4.69) is 49.3 Å². The molecule has 6 atom stereocenters. The molecule has 2 unspecified atom stereocenters. The smallest absolute Gasteiger partial charge is 0.387 e. The van der Waals surface area contributed by atoms with E-state index in [0.29, 0.717) is 0 Å². The number of ether oxygens (including phenoxy) is 1. The van der Waals surface area contributed by atoms with E-state index >= 15 is 0 Å². The van der Waals surface area contributed by atoms with Crippen molar-refractivity contribution in [2.24, 2.45) is 0 Å². The standard InChI is InChI=1S/C11H20N3O15P3.C6H15N/c1-2-25-13-7-3-4-14(11(17)12-7)10-9(16)8(15)6(27-10)5-26-31(21,22)29-32(23,24)28-30(18,19)20;1-4-7(5-2)6-3/h3-4,6,8-10,15-16H,2,5H2,1H3,(H,21,22)(H,23,24)(H,12,13,17)(H2,18,19,20);4-6H2,1-3H3/t6-,8-,9-,10-;/m1./s1. The van der Waals surface area contributed by atoms with Gasteiger partial charge in [0, 0.05) is 6.20 Å². The quantitative estimate of drug-likeness (QED) is 0.105. The van der Waals surface area contributed by atoms with Crippen molar-refractivity contribution in [3.05, 3.63) is 22.7 Å². The third-order valence-electron chi connectivity index (χ3n) is 4.92. The molecule has 39 heavy (non-hydrogen) atoms. The van der Waals surface area contributed by atoms with Gasteiger partial charge in [0.15, 0.2) is 12.0 Å². The molecule has 0 saturated carbocycles. The average molecular weight is 628 g/mol. The Morgan fingerprint density at radius 3 is 2.05 bits per heavy atom. The first kappa shape index (κ1) is 35.9. The van der Waals surface area contributed by atoms with Gasteiger partial charge in [0.1, 0.15) is 18.3 Å². The predicted molar refractivity (Wildman–Crippen MR) is 133 cm³/mol. The second-order valence-electron chi connectivity index (χ2n) is 7.59. The molecule has 1 aliphatic heterocycles. The number of nitrogens with one attached hydrogen (secondary N) is 1. The zero-order chi connectivity index (χ0) is 30.0. The molecule has 0 aliphatic carbocycles. The summed E-state index contributed by atoms with van der Waals surface area (Å²) >= 11 is 0. The van der Waals surface area contributed by atoms with Crippen molar-refractivity contribution in [2.45, 2.75) is 52.2 Å². The third kappa shape index (κ3) is 12.5. The van der Waals surface area contributed by atoms with Gasteiger partial charge in [0.25, 0.3) is 0 Å².